The number of benzene rings is 3. The first-order chi connectivity index (χ1) is 21.9. The van der Waals surface area contributed by atoms with Gasteiger partial charge in [0.15, 0.2) is 23.0 Å². The molecule has 3 unspecified atom stereocenters. The monoisotopic (exact) mass is 610 g/mol. The number of hydrogen-bond acceptors (Lipinski definition) is 8. The fourth-order valence-corrected chi connectivity index (χ4v) is 7.51. The molecular weight excluding hydrogens is 568 g/mol. The normalized spacial score (nSPS) is 23.1. The van der Waals surface area contributed by atoms with Crippen molar-refractivity contribution in [3.05, 3.63) is 93.8 Å². The minimum absolute atomic E-state index is 0.00482. The van der Waals surface area contributed by atoms with Gasteiger partial charge in [0, 0.05) is 37.2 Å². The number of aromatic hydroxyl groups is 1. The van der Waals surface area contributed by atoms with Gasteiger partial charge in [-0.1, -0.05) is 18.2 Å². The molecule has 3 aromatic carbocycles. The molecule has 4 aliphatic heterocycles. The highest BCUT2D eigenvalue weighted by atomic mass is 16.5. The summed E-state index contributed by atoms with van der Waals surface area (Å²) >= 11 is 0. The first kappa shape index (κ1) is 29.6. The molecule has 1 N–H and O–H groups in total. The number of phenolic OH excluding ortho intramolecular Hbond substituents is 1. The number of nitrogens with zero attached hydrogens (tertiary/aromatic N) is 2. The van der Waals surface area contributed by atoms with E-state index in [0.717, 1.165) is 55.0 Å². The Morgan fingerprint density at radius 3 is 2.29 bits per heavy atom. The van der Waals surface area contributed by atoms with Crippen LogP contribution >= 0.6 is 0 Å². The number of allylic oxidation sites excluding steroid dienone is 1. The smallest absolute Gasteiger partial charge is 0.203 e. The van der Waals surface area contributed by atoms with E-state index in [2.05, 4.69) is 48.2 Å². The molecule has 45 heavy (non-hydrogen) atoms. The van der Waals surface area contributed by atoms with Crippen LogP contribution in [0.3, 0.4) is 0 Å². The van der Waals surface area contributed by atoms with E-state index >= 15 is 0 Å². The molecule has 0 spiro atoms. The maximum atomic E-state index is 10.7. The molecule has 4 heterocycles. The molecule has 3 atom stereocenters. The molecular formula is C37H42N2O6. The molecule has 0 saturated heterocycles. The summed E-state index contributed by atoms with van der Waals surface area (Å²) in [6.07, 6.45) is 5.92. The van der Waals surface area contributed by atoms with E-state index in [-0.39, 0.29) is 23.9 Å². The Hall–Kier alpha value is -4.14. The topological polar surface area (TPSA) is 72.9 Å². The lowest BCUT2D eigenvalue weighted by atomic mass is 9.81. The van der Waals surface area contributed by atoms with Crippen molar-refractivity contribution in [1.82, 2.24) is 9.80 Å². The molecule has 0 aromatic heterocycles. The van der Waals surface area contributed by atoms with Crippen LogP contribution in [0, 0.1) is 0 Å². The Balaban J connectivity index is 1.45. The van der Waals surface area contributed by atoms with Gasteiger partial charge in [-0.05, 0) is 104 Å². The summed E-state index contributed by atoms with van der Waals surface area (Å²) in [6, 6.07) is 16.1. The number of rotatable bonds is 3. The van der Waals surface area contributed by atoms with Crippen LogP contribution in [0.1, 0.15) is 41.1 Å². The molecule has 0 fully saturated rings. The van der Waals surface area contributed by atoms with Gasteiger partial charge in [0.25, 0.3) is 0 Å². The third-order valence-corrected chi connectivity index (χ3v) is 9.97. The van der Waals surface area contributed by atoms with Gasteiger partial charge in [-0.2, -0.15) is 0 Å². The highest BCUT2D eigenvalue weighted by molar-refractivity contribution is 5.62. The Kier molecular flexibility index (Phi) is 7.88. The average molecular weight is 611 g/mol. The first-order valence-corrected chi connectivity index (χ1v) is 15.8. The standard InChI is InChI=1S/C37H42N2O6/c1-38-14-12-24-19-27(41-3)21-32-34(24)28(38)16-22-6-9-26(10-7-22)44-31-18-23(8-11-30(31)40)17-29-35-25(13-15-39(29)2)20-33(42-4)36(43-5)37(35)45-32/h6-11,18-20,28-29,32,40H,12-17,21H2,1-5H3. The zero-order valence-electron chi connectivity index (χ0n) is 26.8. The predicted octanol–water partition coefficient (Wildman–Crippen LogP) is 6.21. The summed E-state index contributed by atoms with van der Waals surface area (Å²) in [6.45, 7) is 1.84. The molecule has 0 amide bonds. The zero-order chi connectivity index (χ0) is 31.2. The lowest BCUT2D eigenvalue weighted by Gasteiger charge is -2.42. The minimum atomic E-state index is -0.246. The first-order valence-electron chi connectivity index (χ1n) is 15.8. The maximum Gasteiger partial charge on any atom is 0.203 e. The van der Waals surface area contributed by atoms with Crippen molar-refractivity contribution in [3.63, 3.8) is 0 Å². The van der Waals surface area contributed by atoms with E-state index in [1.54, 1.807) is 27.4 Å². The van der Waals surface area contributed by atoms with E-state index in [9.17, 15) is 5.11 Å². The second-order valence-electron chi connectivity index (χ2n) is 12.6. The van der Waals surface area contributed by atoms with Crippen molar-refractivity contribution >= 4 is 0 Å². The summed E-state index contributed by atoms with van der Waals surface area (Å²) in [5.74, 6) is 4.18. The van der Waals surface area contributed by atoms with Crippen LogP contribution in [0.4, 0.5) is 0 Å². The maximum absolute atomic E-state index is 10.7. The molecule has 5 aliphatic rings. The summed E-state index contributed by atoms with van der Waals surface area (Å²) < 4.78 is 31.4. The number of fused-ring (bicyclic) bond motifs is 2. The van der Waals surface area contributed by atoms with Crippen LogP contribution in [0.2, 0.25) is 0 Å². The molecule has 0 radical (unpaired) electrons. The van der Waals surface area contributed by atoms with Crippen LogP contribution in [0.25, 0.3) is 0 Å². The highest BCUT2D eigenvalue weighted by Gasteiger charge is 2.39. The molecule has 1 aliphatic carbocycles. The van der Waals surface area contributed by atoms with E-state index in [0.29, 0.717) is 35.8 Å². The van der Waals surface area contributed by atoms with Crippen molar-refractivity contribution in [2.24, 2.45) is 0 Å². The summed E-state index contributed by atoms with van der Waals surface area (Å²) in [5, 5.41) is 10.7. The van der Waals surface area contributed by atoms with Crippen LogP contribution < -0.4 is 18.9 Å². The molecule has 3 aromatic rings. The number of ether oxygens (including phenoxy) is 5. The van der Waals surface area contributed by atoms with Gasteiger partial charge in [0.1, 0.15) is 11.9 Å². The minimum Gasteiger partial charge on any atom is -0.504 e. The average Bonchev–Trinajstić information content (AvgIpc) is 3.05. The van der Waals surface area contributed by atoms with Gasteiger partial charge >= 0.3 is 0 Å². The van der Waals surface area contributed by atoms with Gasteiger partial charge < -0.3 is 28.8 Å². The van der Waals surface area contributed by atoms with Gasteiger partial charge in [0.05, 0.1) is 27.1 Å². The fraction of sp³-hybridized carbons (Fsp3) is 0.405. The van der Waals surface area contributed by atoms with Gasteiger partial charge in [0.2, 0.25) is 5.75 Å². The van der Waals surface area contributed by atoms with Crippen LogP contribution in [-0.4, -0.2) is 75.6 Å². The Labute approximate surface area is 265 Å². The molecule has 236 valence electrons. The third-order valence-electron chi connectivity index (χ3n) is 9.97. The Morgan fingerprint density at radius 2 is 1.53 bits per heavy atom. The number of methoxy groups -OCH3 is 3. The third kappa shape index (κ3) is 5.40. The number of hydrogen-bond donors (Lipinski definition) is 1. The van der Waals surface area contributed by atoms with Crippen molar-refractivity contribution < 1.29 is 28.8 Å². The molecule has 4 bridgehead atoms. The SMILES string of the molecule is COC1=CC2=C3C(C1)Oc1c(OC)c(OC)cc4c1C(Cc1ccc(O)c(c1)Oc1ccc(cc1)CC3N(C)CC2)N(C)CC4. The number of phenols is 1. The molecule has 8 nitrogen and oxygen atoms in total. The molecule has 0 saturated carbocycles. The molecule has 8 heteroatoms. The van der Waals surface area contributed by atoms with E-state index < -0.39 is 0 Å². The Morgan fingerprint density at radius 1 is 0.800 bits per heavy atom. The largest absolute Gasteiger partial charge is 0.504 e. The van der Waals surface area contributed by atoms with Crippen molar-refractivity contribution in [1.29, 1.82) is 0 Å². The van der Waals surface area contributed by atoms with Crippen LogP contribution in [0.5, 0.6) is 34.5 Å². The second-order valence-corrected chi connectivity index (χ2v) is 12.6. The lowest BCUT2D eigenvalue weighted by molar-refractivity contribution is 0.142. The van der Waals surface area contributed by atoms with E-state index in [1.165, 1.54) is 22.3 Å². The van der Waals surface area contributed by atoms with Crippen molar-refractivity contribution in [2.75, 3.05) is 48.5 Å². The second kappa shape index (κ2) is 12.0. The fourth-order valence-electron chi connectivity index (χ4n) is 7.51. The van der Waals surface area contributed by atoms with E-state index in [4.69, 9.17) is 23.7 Å². The zero-order valence-corrected chi connectivity index (χ0v) is 26.8. The Bertz CT molecular complexity index is 1660. The summed E-state index contributed by atoms with van der Waals surface area (Å²) in [5.41, 5.74) is 7.15. The van der Waals surface area contributed by atoms with Gasteiger partial charge in [-0.25, -0.2) is 0 Å². The van der Waals surface area contributed by atoms with Crippen molar-refractivity contribution in [2.45, 2.75) is 50.3 Å². The van der Waals surface area contributed by atoms with Crippen LogP contribution in [0.15, 0.2) is 71.5 Å². The van der Waals surface area contributed by atoms with E-state index in [1.807, 2.05) is 24.3 Å². The summed E-state index contributed by atoms with van der Waals surface area (Å²) in [4.78, 5) is 4.82. The summed E-state index contributed by atoms with van der Waals surface area (Å²) in [7, 11) is 9.48. The lowest BCUT2D eigenvalue weighted by Crippen LogP contribution is -2.46. The van der Waals surface area contributed by atoms with Gasteiger partial charge in [-0.3, -0.25) is 9.80 Å². The quantitative estimate of drug-likeness (QED) is 0.375. The highest BCUT2D eigenvalue weighted by Crippen LogP contribution is 2.50. The van der Waals surface area contributed by atoms with Gasteiger partial charge in [-0.15, -0.1) is 0 Å². The predicted molar refractivity (Wildman–Crippen MR) is 173 cm³/mol. The number of likely N-dealkylation sites (N-methyl/N-ethyl adjacent to an activating group) is 2. The van der Waals surface area contributed by atoms with Crippen molar-refractivity contribution in [3.8, 4) is 34.5 Å². The molecule has 8 rings (SSSR count). The van der Waals surface area contributed by atoms with Crippen LogP contribution in [-0.2, 0) is 24.0 Å².